The maximum absolute atomic E-state index is 9.60. The van der Waals surface area contributed by atoms with Crippen molar-refractivity contribution >= 4 is 0 Å². The number of hydrogen-bond donors (Lipinski definition) is 1. The van der Waals surface area contributed by atoms with Gasteiger partial charge in [0.05, 0.1) is 6.10 Å². The van der Waals surface area contributed by atoms with E-state index in [2.05, 4.69) is 13.0 Å². The van der Waals surface area contributed by atoms with Crippen LogP contribution in [0.1, 0.15) is 47.0 Å². The minimum atomic E-state index is -0.311. The molecule has 0 radical (unpaired) electrons. The fourth-order valence-corrected chi connectivity index (χ4v) is 0.836. The van der Waals surface area contributed by atoms with Crippen LogP contribution in [-0.4, -0.2) is 11.2 Å². The molecule has 1 nitrogen and oxygen atoms in total. The van der Waals surface area contributed by atoms with Gasteiger partial charge in [-0.15, -0.1) is 0 Å². The standard InChI is InChI=1S/C11H22O/c1-5-6-7-8-9-10(12)11(2,3)4/h8-10,12H,5-7H2,1-4H3/b9-8+/t10-/m0/s1. The van der Waals surface area contributed by atoms with Crippen LogP contribution < -0.4 is 0 Å². The van der Waals surface area contributed by atoms with Gasteiger partial charge in [-0.25, -0.2) is 0 Å². The van der Waals surface area contributed by atoms with Crippen LogP contribution >= 0.6 is 0 Å². The summed E-state index contributed by atoms with van der Waals surface area (Å²) in [5.74, 6) is 0. The van der Waals surface area contributed by atoms with Gasteiger partial charge in [-0.05, 0) is 11.8 Å². The quantitative estimate of drug-likeness (QED) is 0.507. The van der Waals surface area contributed by atoms with Gasteiger partial charge in [0.2, 0.25) is 0 Å². The number of hydrogen-bond acceptors (Lipinski definition) is 1. The molecule has 72 valence electrons. The second-order valence-electron chi connectivity index (χ2n) is 4.38. The topological polar surface area (TPSA) is 20.2 Å². The Balaban J connectivity index is 3.68. The van der Waals surface area contributed by atoms with Crippen LogP contribution in [0.4, 0.5) is 0 Å². The van der Waals surface area contributed by atoms with Gasteiger partial charge in [0.1, 0.15) is 0 Å². The van der Waals surface area contributed by atoms with Crippen LogP contribution in [0.15, 0.2) is 12.2 Å². The fourth-order valence-electron chi connectivity index (χ4n) is 0.836. The van der Waals surface area contributed by atoms with E-state index in [0.717, 1.165) is 6.42 Å². The Bertz CT molecular complexity index is 130. The number of aliphatic hydroxyl groups excluding tert-OH is 1. The fraction of sp³-hybridized carbons (Fsp3) is 0.818. The van der Waals surface area contributed by atoms with E-state index < -0.39 is 0 Å². The molecule has 1 heteroatoms. The molecular weight excluding hydrogens is 148 g/mol. The van der Waals surface area contributed by atoms with Gasteiger partial charge in [-0.1, -0.05) is 52.7 Å². The largest absolute Gasteiger partial charge is 0.388 e. The first-order valence-corrected chi connectivity index (χ1v) is 4.83. The van der Waals surface area contributed by atoms with Crippen LogP contribution in [-0.2, 0) is 0 Å². The number of rotatable bonds is 4. The van der Waals surface area contributed by atoms with E-state index in [4.69, 9.17) is 0 Å². The van der Waals surface area contributed by atoms with Gasteiger partial charge in [0.15, 0.2) is 0 Å². The predicted octanol–water partition coefficient (Wildman–Crippen LogP) is 3.14. The lowest BCUT2D eigenvalue weighted by Crippen LogP contribution is -2.23. The molecule has 0 fully saturated rings. The summed E-state index contributed by atoms with van der Waals surface area (Å²) in [7, 11) is 0. The monoisotopic (exact) mass is 170 g/mol. The van der Waals surface area contributed by atoms with Crippen LogP contribution in [0.3, 0.4) is 0 Å². The van der Waals surface area contributed by atoms with Crippen molar-refractivity contribution in [1.29, 1.82) is 0 Å². The highest BCUT2D eigenvalue weighted by Gasteiger charge is 2.18. The molecule has 0 aliphatic heterocycles. The third-order valence-corrected chi connectivity index (χ3v) is 1.93. The number of unbranched alkanes of at least 4 members (excludes halogenated alkanes) is 2. The molecule has 0 aromatic rings. The Morgan fingerprint density at radius 3 is 2.33 bits per heavy atom. The number of aliphatic hydroxyl groups is 1. The summed E-state index contributed by atoms with van der Waals surface area (Å²) in [5.41, 5.74) is -0.0251. The molecule has 0 rings (SSSR count). The van der Waals surface area contributed by atoms with Crippen molar-refractivity contribution < 1.29 is 5.11 Å². The molecule has 0 spiro atoms. The predicted molar refractivity (Wildman–Crippen MR) is 54.1 cm³/mol. The zero-order valence-corrected chi connectivity index (χ0v) is 8.80. The molecule has 0 aliphatic rings. The average molecular weight is 170 g/mol. The molecular formula is C11H22O. The molecule has 0 bridgehead atoms. The van der Waals surface area contributed by atoms with E-state index in [9.17, 15) is 5.11 Å². The molecule has 1 atom stereocenters. The van der Waals surface area contributed by atoms with Crippen LogP contribution in [0, 0.1) is 5.41 Å². The molecule has 0 aromatic heterocycles. The van der Waals surface area contributed by atoms with Gasteiger partial charge in [-0.3, -0.25) is 0 Å². The lowest BCUT2D eigenvalue weighted by Gasteiger charge is -2.22. The molecule has 0 saturated carbocycles. The molecule has 0 unspecified atom stereocenters. The van der Waals surface area contributed by atoms with E-state index in [1.54, 1.807) is 0 Å². The van der Waals surface area contributed by atoms with E-state index in [1.807, 2.05) is 26.8 Å². The van der Waals surface area contributed by atoms with Crippen molar-refractivity contribution in [3.63, 3.8) is 0 Å². The first kappa shape index (κ1) is 11.7. The highest BCUT2D eigenvalue weighted by atomic mass is 16.3. The Hall–Kier alpha value is -0.300. The van der Waals surface area contributed by atoms with Gasteiger partial charge in [-0.2, -0.15) is 0 Å². The molecule has 0 amide bonds. The maximum Gasteiger partial charge on any atom is 0.0769 e. The maximum atomic E-state index is 9.60. The summed E-state index contributed by atoms with van der Waals surface area (Å²) < 4.78 is 0. The van der Waals surface area contributed by atoms with E-state index in [1.165, 1.54) is 12.8 Å². The Labute approximate surface area is 76.5 Å². The van der Waals surface area contributed by atoms with E-state index in [0.29, 0.717) is 0 Å². The van der Waals surface area contributed by atoms with Crippen LogP contribution in [0.5, 0.6) is 0 Å². The Morgan fingerprint density at radius 2 is 1.92 bits per heavy atom. The third kappa shape index (κ3) is 5.36. The first-order valence-electron chi connectivity index (χ1n) is 4.83. The lowest BCUT2D eigenvalue weighted by molar-refractivity contribution is 0.105. The zero-order valence-electron chi connectivity index (χ0n) is 8.80. The molecule has 0 aliphatic carbocycles. The summed E-state index contributed by atoms with van der Waals surface area (Å²) in [6.07, 6.45) is 7.21. The van der Waals surface area contributed by atoms with Gasteiger partial charge in [0, 0.05) is 0 Å². The molecule has 12 heavy (non-hydrogen) atoms. The summed E-state index contributed by atoms with van der Waals surface area (Å²) in [6.45, 7) is 8.31. The summed E-state index contributed by atoms with van der Waals surface area (Å²) in [6, 6.07) is 0. The molecule has 0 aromatic carbocycles. The van der Waals surface area contributed by atoms with Crippen molar-refractivity contribution in [2.24, 2.45) is 5.41 Å². The van der Waals surface area contributed by atoms with Crippen LogP contribution in [0.25, 0.3) is 0 Å². The SMILES string of the molecule is CCCC/C=C/[C@H](O)C(C)(C)C. The average Bonchev–Trinajstić information content (AvgIpc) is 1.96. The molecule has 1 N–H and O–H groups in total. The lowest BCUT2D eigenvalue weighted by atomic mass is 9.89. The Morgan fingerprint density at radius 1 is 1.33 bits per heavy atom. The van der Waals surface area contributed by atoms with Crippen LogP contribution in [0.2, 0.25) is 0 Å². The third-order valence-electron chi connectivity index (χ3n) is 1.93. The van der Waals surface area contributed by atoms with Crippen molar-refractivity contribution in [2.45, 2.75) is 53.1 Å². The van der Waals surface area contributed by atoms with E-state index in [-0.39, 0.29) is 11.5 Å². The minimum Gasteiger partial charge on any atom is -0.388 e. The highest BCUT2D eigenvalue weighted by Crippen LogP contribution is 2.19. The van der Waals surface area contributed by atoms with E-state index >= 15 is 0 Å². The smallest absolute Gasteiger partial charge is 0.0769 e. The van der Waals surface area contributed by atoms with Crippen molar-refractivity contribution in [1.82, 2.24) is 0 Å². The van der Waals surface area contributed by atoms with Crippen molar-refractivity contribution in [3.05, 3.63) is 12.2 Å². The zero-order chi connectivity index (χ0) is 9.61. The van der Waals surface area contributed by atoms with Gasteiger partial charge >= 0.3 is 0 Å². The second kappa shape index (κ2) is 5.36. The molecule has 0 saturated heterocycles. The Kier molecular flexibility index (Phi) is 5.23. The number of allylic oxidation sites excluding steroid dienone is 1. The summed E-state index contributed by atoms with van der Waals surface area (Å²) >= 11 is 0. The van der Waals surface area contributed by atoms with Gasteiger partial charge < -0.3 is 5.11 Å². The minimum absolute atomic E-state index is 0.0251. The highest BCUT2D eigenvalue weighted by molar-refractivity contribution is 4.94. The van der Waals surface area contributed by atoms with Crippen molar-refractivity contribution in [2.75, 3.05) is 0 Å². The van der Waals surface area contributed by atoms with Gasteiger partial charge in [0.25, 0.3) is 0 Å². The second-order valence-corrected chi connectivity index (χ2v) is 4.38. The summed E-state index contributed by atoms with van der Waals surface area (Å²) in [4.78, 5) is 0. The summed E-state index contributed by atoms with van der Waals surface area (Å²) in [5, 5.41) is 9.60. The van der Waals surface area contributed by atoms with Crippen molar-refractivity contribution in [3.8, 4) is 0 Å². The normalized spacial score (nSPS) is 15.4. The first-order chi connectivity index (χ1) is 5.48. The molecule has 0 heterocycles.